The lowest BCUT2D eigenvalue weighted by Crippen LogP contribution is -2.14. The van der Waals surface area contributed by atoms with E-state index in [9.17, 15) is 4.79 Å². The molecule has 8 heteroatoms. The summed E-state index contributed by atoms with van der Waals surface area (Å²) >= 11 is 5.68. The van der Waals surface area contributed by atoms with E-state index in [1.165, 1.54) is 4.68 Å². The fraction of sp³-hybridized carbons (Fsp3) is 0.400. The van der Waals surface area contributed by atoms with E-state index in [0.29, 0.717) is 18.1 Å². The molecule has 0 spiro atoms. The van der Waals surface area contributed by atoms with E-state index in [1.54, 1.807) is 12.1 Å². The van der Waals surface area contributed by atoms with Gasteiger partial charge in [0.1, 0.15) is 0 Å². The van der Waals surface area contributed by atoms with Crippen LogP contribution in [0, 0.1) is 5.92 Å². The molecule has 0 saturated heterocycles. The van der Waals surface area contributed by atoms with Crippen LogP contribution >= 0.6 is 11.6 Å². The van der Waals surface area contributed by atoms with Crippen molar-refractivity contribution in [2.24, 2.45) is 5.92 Å². The first-order valence-electron chi connectivity index (χ1n) is 5.30. The van der Waals surface area contributed by atoms with Crippen LogP contribution in [0.4, 0.5) is 0 Å². The van der Waals surface area contributed by atoms with Crippen molar-refractivity contribution >= 4 is 17.6 Å². The summed E-state index contributed by atoms with van der Waals surface area (Å²) in [6.45, 7) is 2.21. The van der Waals surface area contributed by atoms with Crippen molar-refractivity contribution in [2.75, 3.05) is 0 Å². The molecule has 1 atom stereocenters. The third-order valence-electron chi connectivity index (χ3n) is 2.33. The third-order valence-corrected chi connectivity index (χ3v) is 2.54. The number of carbonyl (C=O) groups is 1. The lowest BCUT2D eigenvalue weighted by molar-refractivity contribution is -0.138. The Balaban J connectivity index is 2.15. The number of aromatic nitrogens is 4. The molecule has 0 bridgehead atoms. The van der Waals surface area contributed by atoms with Gasteiger partial charge in [0.05, 0.1) is 0 Å². The highest BCUT2D eigenvalue weighted by molar-refractivity contribution is 6.28. The normalized spacial score (nSPS) is 12.6. The summed E-state index contributed by atoms with van der Waals surface area (Å²) in [4.78, 5) is 10.6. The molecule has 2 rings (SSSR count). The second-order valence-corrected chi connectivity index (χ2v) is 4.36. The minimum absolute atomic E-state index is 0.0538. The highest BCUT2D eigenvalue weighted by Gasteiger charge is 2.16. The van der Waals surface area contributed by atoms with Gasteiger partial charge in [0, 0.05) is 13.0 Å². The van der Waals surface area contributed by atoms with E-state index < -0.39 is 5.97 Å². The van der Waals surface area contributed by atoms with Crippen LogP contribution < -0.4 is 0 Å². The smallest absolute Gasteiger partial charge is 0.303 e. The summed E-state index contributed by atoms with van der Waals surface area (Å²) in [7, 11) is 0. The van der Waals surface area contributed by atoms with Gasteiger partial charge in [-0.3, -0.25) is 4.79 Å². The Labute approximate surface area is 107 Å². The Morgan fingerprint density at radius 3 is 3.00 bits per heavy atom. The number of nitrogens with zero attached hydrogens (tertiary/aromatic N) is 4. The zero-order valence-corrected chi connectivity index (χ0v) is 10.3. The number of tetrazole rings is 1. The van der Waals surface area contributed by atoms with Gasteiger partial charge in [-0.05, 0) is 40.1 Å². The van der Waals surface area contributed by atoms with Crippen molar-refractivity contribution in [3.8, 4) is 11.6 Å². The molecule has 0 amide bonds. The van der Waals surface area contributed by atoms with Crippen molar-refractivity contribution in [3.63, 3.8) is 0 Å². The summed E-state index contributed by atoms with van der Waals surface area (Å²) < 4.78 is 6.72. The van der Waals surface area contributed by atoms with Crippen molar-refractivity contribution in [1.82, 2.24) is 20.2 Å². The molecule has 0 aliphatic heterocycles. The van der Waals surface area contributed by atoms with Gasteiger partial charge >= 0.3 is 5.97 Å². The molecule has 2 aromatic heterocycles. The van der Waals surface area contributed by atoms with Crippen molar-refractivity contribution < 1.29 is 14.3 Å². The average Bonchev–Trinajstić information content (AvgIpc) is 2.85. The first-order chi connectivity index (χ1) is 8.56. The van der Waals surface area contributed by atoms with E-state index in [1.807, 2.05) is 6.92 Å². The molecule has 0 aliphatic rings. The maximum atomic E-state index is 10.6. The maximum Gasteiger partial charge on any atom is 0.303 e. The summed E-state index contributed by atoms with van der Waals surface area (Å²) in [5.41, 5.74) is 0. The van der Waals surface area contributed by atoms with Gasteiger partial charge in [-0.2, -0.15) is 0 Å². The van der Waals surface area contributed by atoms with Gasteiger partial charge in [-0.1, -0.05) is 6.92 Å². The second-order valence-electron chi connectivity index (χ2n) is 3.99. The average molecular weight is 271 g/mol. The van der Waals surface area contributed by atoms with Crippen LogP contribution in [-0.2, 0) is 11.3 Å². The molecule has 2 aromatic rings. The van der Waals surface area contributed by atoms with Gasteiger partial charge in [0.2, 0.25) is 5.82 Å². The molecular formula is C10H11ClN4O3. The van der Waals surface area contributed by atoms with Crippen LogP contribution in [0.3, 0.4) is 0 Å². The van der Waals surface area contributed by atoms with E-state index in [4.69, 9.17) is 21.1 Å². The molecule has 7 nitrogen and oxygen atoms in total. The van der Waals surface area contributed by atoms with Crippen LogP contribution in [0.5, 0.6) is 0 Å². The third kappa shape index (κ3) is 2.86. The molecule has 1 unspecified atom stereocenters. The van der Waals surface area contributed by atoms with Crippen LogP contribution in [0.25, 0.3) is 11.6 Å². The first kappa shape index (κ1) is 12.6. The van der Waals surface area contributed by atoms with Crippen LogP contribution in [0.15, 0.2) is 16.5 Å². The molecule has 18 heavy (non-hydrogen) atoms. The number of halogens is 1. The van der Waals surface area contributed by atoms with E-state index >= 15 is 0 Å². The molecule has 0 saturated carbocycles. The van der Waals surface area contributed by atoms with Gasteiger partial charge < -0.3 is 9.52 Å². The Hall–Kier alpha value is -1.89. The summed E-state index contributed by atoms with van der Waals surface area (Å²) in [6.07, 6.45) is 0.0538. The number of hydrogen-bond acceptors (Lipinski definition) is 5. The predicted octanol–water partition coefficient (Wildman–Crippen LogP) is 1.70. The SMILES string of the molecule is CC(CC(=O)O)Cn1nnnc1-c1ccc(Cl)o1. The molecule has 2 heterocycles. The quantitative estimate of drug-likeness (QED) is 0.888. The number of carboxylic acid groups (broad SMARTS) is 1. The lowest BCUT2D eigenvalue weighted by atomic mass is 10.1. The van der Waals surface area contributed by atoms with Crippen molar-refractivity contribution in [1.29, 1.82) is 0 Å². The molecule has 96 valence electrons. The molecule has 0 aromatic carbocycles. The number of carboxylic acids is 1. The second kappa shape index (κ2) is 5.18. The van der Waals surface area contributed by atoms with Gasteiger partial charge in [0.15, 0.2) is 11.0 Å². The molecule has 0 aliphatic carbocycles. The highest BCUT2D eigenvalue weighted by atomic mass is 35.5. The number of rotatable bonds is 5. The Bertz CT molecular complexity index is 551. The first-order valence-corrected chi connectivity index (χ1v) is 5.67. The topological polar surface area (TPSA) is 94.0 Å². The largest absolute Gasteiger partial charge is 0.481 e. The van der Waals surface area contributed by atoms with Crippen LogP contribution in [0.1, 0.15) is 13.3 Å². The number of furan rings is 1. The maximum absolute atomic E-state index is 10.6. The summed E-state index contributed by atoms with van der Waals surface area (Å²) in [5, 5.41) is 20.1. The van der Waals surface area contributed by atoms with E-state index in [0.717, 1.165) is 0 Å². The Kier molecular flexibility index (Phi) is 3.61. The highest BCUT2D eigenvalue weighted by Crippen LogP contribution is 2.22. The molecule has 0 radical (unpaired) electrons. The lowest BCUT2D eigenvalue weighted by Gasteiger charge is -2.08. The Morgan fingerprint density at radius 2 is 2.39 bits per heavy atom. The predicted molar refractivity (Wildman–Crippen MR) is 61.9 cm³/mol. The van der Waals surface area contributed by atoms with Gasteiger partial charge in [-0.15, -0.1) is 5.10 Å². The minimum Gasteiger partial charge on any atom is -0.481 e. The molecular weight excluding hydrogens is 260 g/mol. The fourth-order valence-electron chi connectivity index (χ4n) is 1.60. The Morgan fingerprint density at radius 1 is 1.61 bits per heavy atom. The molecule has 1 N–H and O–H groups in total. The van der Waals surface area contributed by atoms with E-state index in [-0.39, 0.29) is 17.6 Å². The zero-order chi connectivity index (χ0) is 13.1. The van der Waals surface area contributed by atoms with Gasteiger partial charge in [-0.25, -0.2) is 4.68 Å². The standard InChI is InChI=1S/C10H11ClN4O3/c1-6(4-9(16)17)5-15-10(12-13-14-15)7-2-3-8(11)18-7/h2-3,6H,4-5H2,1H3,(H,16,17). The monoisotopic (exact) mass is 270 g/mol. The van der Waals surface area contributed by atoms with Gasteiger partial charge in [0.25, 0.3) is 0 Å². The van der Waals surface area contributed by atoms with Crippen LogP contribution in [-0.4, -0.2) is 31.3 Å². The summed E-state index contributed by atoms with van der Waals surface area (Å²) in [6, 6.07) is 3.25. The summed E-state index contributed by atoms with van der Waals surface area (Å²) in [5.74, 6) is -0.0555. The van der Waals surface area contributed by atoms with E-state index in [2.05, 4.69) is 15.5 Å². The zero-order valence-electron chi connectivity index (χ0n) is 9.58. The minimum atomic E-state index is -0.849. The fourth-order valence-corrected chi connectivity index (χ4v) is 1.74. The van der Waals surface area contributed by atoms with Crippen LogP contribution in [0.2, 0.25) is 5.22 Å². The van der Waals surface area contributed by atoms with Crippen molar-refractivity contribution in [3.05, 3.63) is 17.4 Å². The number of aliphatic carboxylic acids is 1. The number of hydrogen-bond donors (Lipinski definition) is 1. The molecule has 0 fully saturated rings. The van der Waals surface area contributed by atoms with Crippen molar-refractivity contribution in [2.45, 2.75) is 19.9 Å².